The second kappa shape index (κ2) is 5.58. The molecule has 7 heteroatoms. The fourth-order valence-electron chi connectivity index (χ4n) is 2.09. The van der Waals surface area contributed by atoms with E-state index in [4.69, 9.17) is 40.9 Å². The zero-order valence-electron chi connectivity index (χ0n) is 10.9. The Hall–Kier alpha value is -0.960. The second-order valence-electron chi connectivity index (χ2n) is 4.71. The van der Waals surface area contributed by atoms with E-state index < -0.39 is 11.4 Å². The van der Waals surface area contributed by atoms with Gasteiger partial charge in [-0.1, -0.05) is 18.8 Å². The fraction of sp³-hybridized carbons (Fsp3) is 0.500. The predicted octanol–water partition coefficient (Wildman–Crippen LogP) is -0.0626. The Kier molecular flexibility index (Phi) is 4.24. The Morgan fingerprint density at radius 1 is 1.21 bits per heavy atom. The molecular weight excluding hydrogens is 233 g/mol. The number of hydrogen-bond acceptors (Lipinski definition) is 3. The van der Waals surface area contributed by atoms with Crippen LogP contribution in [0.15, 0.2) is 18.2 Å². The average Bonchev–Trinajstić information content (AvgIpc) is 2.60. The van der Waals surface area contributed by atoms with Crippen LogP contribution in [0.5, 0.6) is 11.5 Å². The van der Waals surface area contributed by atoms with E-state index in [0.29, 0.717) is 11.5 Å². The molecule has 1 aliphatic heterocycles. The first-order valence-electron chi connectivity index (χ1n) is 6.25. The van der Waals surface area contributed by atoms with Crippen LogP contribution in [-0.4, -0.2) is 48.9 Å². The lowest BCUT2D eigenvalue weighted by Gasteiger charge is -2.20. The lowest BCUT2D eigenvalue weighted by molar-refractivity contribution is 0.0833. The quantitative estimate of drug-likeness (QED) is 0.738. The van der Waals surface area contributed by atoms with Crippen molar-refractivity contribution in [3.05, 3.63) is 23.8 Å². The van der Waals surface area contributed by atoms with Gasteiger partial charge < -0.3 is 14.8 Å². The summed E-state index contributed by atoms with van der Waals surface area (Å²) in [6.07, 6.45) is 1.69. The van der Waals surface area contributed by atoms with E-state index >= 15 is 0 Å². The molecular formula is C12H13B4NO2. The first-order valence-corrected chi connectivity index (χ1v) is 6.25. The molecule has 3 nitrogen and oxygen atoms in total. The number of ether oxygens (including phenoxy) is 2. The van der Waals surface area contributed by atoms with Crippen molar-refractivity contribution in [3.8, 4) is 11.5 Å². The first-order chi connectivity index (χ1) is 8.89. The summed E-state index contributed by atoms with van der Waals surface area (Å²) in [5.41, 5.74) is -0.511. The van der Waals surface area contributed by atoms with Gasteiger partial charge in [-0.2, -0.15) is 0 Å². The van der Waals surface area contributed by atoms with Crippen LogP contribution in [0.4, 0.5) is 0 Å². The third-order valence-electron chi connectivity index (χ3n) is 2.95. The number of benzene rings is 1. The van der Waals surface area contributed by atoms with Crippen molar-refractivity contribution in [3.63, 3.8) is 0 Å². The van der Waals surface area contributed by atoms with E-state index in [9.17, 15) is 0 Å². The first kappa shape index (κ1) is 14.4. The van der Waals surface area contributed by atoms with Crippen molar-refractivity contribution >= 4 is 31.4 Å². The van der Waals surface area contributed by atoms with Crippen molar-refractivity contribution in [1.82, 2.24) is 5.32 Å². The van der Waals surface area contributed by atoms with Gasteiger partial charge in [-0.25, -0.2) is 0 Å². The Balaban J connectivity index is 2.07. The zero-order chi connectivity index (χ0) is 14.0. The third-order valence-corrected chi connectivity index (χ3v) is 2.95. The minimum atomic E-state index is -1.58. The fourth-order valence-corrected chi connectivity index (χ4v) is 2.09. The smallest absolute Gasteiger partial charge is 0.175 e. The van der Waals surface area contributed by atoms with Crippen LogP contribution >= 0.6 is 0 Å². The van der Waals surface area contributed by atoms with Crippen molar-refractivity contribution < 1.29 is 9.47 Å². The van der Waals surface area contributed by atoms with Crippen molar-refractivity contribution in [1.29, 1.82) is 0 Å². The SMILES string of the molecule is [B]C([B])NC(CC)Cc1ccc2c(c1)OC([B])([B])O2. The Bertz CT molecular complexity index is 453. The van der Waals surface area contributed by atoms with Crippen LogP contribution in [0.25, 0.3) is 0 Å². The maximum atomic E-state index is 5.56. The molecule has 1 aromatic rings. The highest BCUT2D eigenvalue weighted by molar-refractivity contribution is 6.38. The van der Waals surface area contributed by atoms with Crippen molar-refractivity contribution in [2.45, 2.75) is 37.2 Å². The van der Waals surface area contributed by atoms with Gasteiger partial charge in [0.2, 0.25) is 0 Å². The summed E-state index contributed by atoms with van der Waals surface area (Å²) < 4.78 is 10.5. The second-order valence-corrected chi connectivity index (χ2v) is 4.71. The Morgan fingerprint density at radius 3 is 2.53 bits per heavy atom. The summed E-state index contributed by atoms with van der Waals surface area (Å²) >= 11 is 0. The standard InChI is InChI=1S/C12H13B4NO2/c1-2-8(17-11(13)14)5-7-3-4-9-10(6-7)19-12(15,16)18-9/h3-4,6,8,11,17H,2,5H2,1H3. The van der Waals surface area contributed by atoms with Crippen LogP contribution in [0.2, 0.25) is 0 Å². The molecule has 0 spiro atoms. The molecule has 1 unspecified atom stereocenters. The Labute approximate surface area is 119 Å². The summed E-state index contributed by atoms with van der Waals surface area (Å²) in [5, 5.41) is 3.10. The molecule has 8 radical (unpaired) electrons. The van der Waals surface area contributed by atoms with Crippen LogP contribution in [0, 0.1) is 0 Å². The molecule has 1 heterocycles. The van der Waals surface area contributed by atoms with E-state index in [1.807, 2.05) is 12.1 Å². The van der Waals surface area contributed by atoms with Gasteiger partial charge in [0.25, 0.3) is 0 Å². The van der Waals surface area contributed by atoms with Crippen molar-refractivity contribution in [2.75, 3.05) is 0 Å². The van der Waals surface area contributed by atoms with Gasteiger partial charge in [0.05, 0.1) is 15.7 Å². The van der Waals surface area contributed by atoms with Gasteiger partial charge in [0.1, 0.15) is 0 Å². The minimum Gasteiger partial charge on any atom is -0.468 e. The van der Waals surface area contributed by atoms with Crippen molar-refractivity contribution in [2.24, 2.45) is 0 Å². The lowest BCUT2D eigenvalue weighted by Crippen LogP contribution is -2.39. The third kappa shape index (κ3) is 3.75. The molecule has 0 amide bonds. The summed E-state index contributed by atoms with van der Waals surface area (Å²) in [6, 6.07) is 5.79. The van der Waals surface area contributed by atoms with E-state index in [1.54, 1.807) is 6.07 Å². The molecule has 1 aromatic carbocycles. The molecule has 1 atom stereocenters. The average molecular weight is 246 g/mol. The highest BCUT2D eigenvalue weighted by atomic mass is 16.7. The maximum absolute atomic E-state index is 5.56. The van der Waals surface area contributed by atoms with Gasteiger partial charge in [0.15, 0.2) is 32.8 Å². The summed E-state index contributed by atoms with van der Waals surface area (Å²) in [4.78, 5) is 0. The van der Waals surface area contributed by atoms with Crippen LogP contribution in [0.1, 0.15) is 18.9 Å². The van der Waals surface area contributed by atoms with E-state index in [0.717, 1.165) is 18.4 Å². The van der Waals surface area contributed by atoms with Crippen LogP contribution in [0.3, 0.4) is 0 Å². The lowest BCUT2D eigenvalue weighted by atomic mass is 9.76. The summed E-state index contributed by atoms with van der Waals surface area (Å²) in [7, 11) is 22.2. The predicted molar refractivity (Wildman–Crippen MR) is 78.2 cm³/mol. The molecule has 0 saturated heterocycles. The van der Waals surface area contributed by atoms with Gasteiger partial charge in [0, 0.05) is 6.04 Å². The van der Waals surface area contributed by atoms with Crippen LogP contribution in [-0.2, 0) is 6.42 Å². The molecule has 0 bridgehead atoms. The number of hydrogen-bond donors (Lipinski definition) is 1. The minimum absolute atomic E-state index is 0.195. The number of fused-ring (bicyclic) bond motifs is 1. The Morgan fingerprint density at radius 2 is 1.89 bits per heavy atom. The zero-order valence-corrected chi connectivity index (χ0v) is 10.9. The van der Waals surface area contributed by atoms with E-state index in [-0.39, 0.29) is 6.04 Å². The highest BCUT2D eigenvalue weighted by Gasteiger charge is 2.30. The van der Waals surface area contributed by atoms with Gasteiger partial charge >= 0.3 is 0 Å². The molecule has 19 heavy (non-hydrogen) atoms. The van der Waals surface area contributed by atoms with Gasteiger partial charge in [-0.05, 0) is 30.5 Å². The van der Waals surface area contributed by atoms with Crippen LogP contribution < -0.4 is 14.8 Å². The number of rotatable bonds is 5. The molecule has 0 saturated carbocycles. The van der Waals surface area contributed by atoms with Gasteiger partial charge in [-0.15, -0.1) is 0 Å². The monoisotopic (exact) mass is 247 g/mol. The van der Waals surface area contributed by atoms with E-state index in [2.05, 4.69) is 12.2 Å². The topological polar surface area (TPSA) is 30.5 Å². The molecule has 0 aliphatic carbocycles. The van der Waals surface area contributed by atoms with Gasteiger partial charge in [-0.3, -0.25) is 0 Å². The molecule has 1 aliphatic rings. The molecule has 1 N–H and O–H groups in total. The number of nitrogens with one attached hydrogen (secondary N) is 1. The highest BCUT2D eigenvalue weighted by Crippen LogP contribution is 2.37. The normalized spacial score (nSPS) is 17.6. The largest absolute Gasteiger partial charge is 0.468 e. The van der Waals surface area contributed by atoms with E-state index in [1.165, 1.54) is 0 Å². The summed E-state index contributed by atoms with van der Waals surface area (Å²) in [6.45, 7) is 2.07. The molecule has 0 aromatic heterocycles. The maximum Gasteiger partial charge on any atom is 0.175 e. The molecule has 90 valence electrons. The summed E-state index contributed by atoms with van der Waals surface area (Å²) in [5.74, 6) is 0.569. The molecule has 0 fully saturated rings. The molecule has 2 rings (SSSR count).